The Morgan fingerprint density at radius 1 is 1.14 bits per heavy atom. The number of phenolic OH excluding ortho intramolecular Hbond substituents is 1. The lowest BCUT2D eigenvalue weighted by atomic mass is 9.86. The first-order valence-corrected chi connectivity index (χ1v) is 17.7. The highest BCUT2D eigenvalue weighted by Crippen LogP contribution is 2.42. The van der Waals surface area contributed by atoms with Gasteiger partial charge in [0.25, 0.3) is 0 Å². The van der Waals surface area contributed by atoms with Crippen LogP contribution in [-0.2, 0) is 6.42 Å². The molecule has 8 rings (SSSR count). The van der Waals surface area contributed by atoms with Crippen LogP contribution in [0.5, 0.6) is 11.8 Å². The maximum Gasteiger partial charge on any atom is 0.319 e. The number of carbonyl (C=O) groups is 1. The topological polar surface area (TPSA) is 110 Å². The van der Waals surface area contributed by atoms with Crippen LogP contribution in [0.4, 0.5) is 19.0 Å². The van der Waals surface area contributed by atoms with E-state index in [1.54, 1.807) is 18.3 Å². The number of carbonyl (C=O) groups excluding carboxylic acids is 1. The molecule has 3 aliphatic rings. The Morgan fingerprint density at radius 2 is 1.98 bits per heavy atom. The molecule has 2 aromatic carbocycles. The monoisotopic (exact) mass is 699 g/mol. The molecule has 0 bridgehead atoms. The summed E-state index contributed by atoms with van der Waals surface area (Å²) >= 11 is 0. The molecule has 5 aromatic rings. The fourth-order valence-electron chi connectivity index (χ4n) is 8.61. The summed E-state index contributed by atoms with van der Waals surface area (Å²) in [4.78, 5) is 31.4. The maximum absolute atomic E-state index is 17.0. The summed E-state index contributed by atoms with van der Waals surface area (Å²) in [6.45, 7) is 7.86. The van der Waals surface area contributed by atoms with Crippen LogP contribution >= 0.6 is 0 Å². The van der Waals surface area contributed by atoms with Gasteiger partial charge in [-0.2, -0.15) is 15.1 Å². The number of phenols is 1. The van der Waals surface area contributed by atoms with Crippen molar-refractivity contribution in [3.63, 3.8) is 0 Å². The number of aromatic nitrogens is 5. The van der Waals surface area contributed by atoms with Gasteiger partial charge in [0.15, 0.2) is 5.82 Å². The predicted molar refractivity (Wildman–Crippen MR) is 187 cm³/mol. The van der Waals surface area contributed by atoms with Crippen molar-refractivity contribution >= 4 is 33.4 Å². The van der Waals surface area contributed by atoms with E-state index in [-0.39, 0.29) is 52.9 Å². The standard InChI is InChI=1S/C38H40F3N7O3/c1-4-26-30(40)7-6-23-14-25(49)15-28(31(23)26)33-32(41)34-29(17-42-33)35(44-37(43-34)51-20-38-10-5-11-47(38)19-24(39)16-38)46-12-9-27(21(2)18-46)36(50)48-13-8-22(3)45-48/h6-8,13-15,17,21,24,27,49H,4-5,9-12,16,18-20H2,1-3H3/t21-,24-,27+,38+/m1/s1. The summed E-state index contributed by atoms with van der Waals surface area (Å²) in [7, 11) is 0. The van der Waals surface area contributed by atoms with E-state index >= 15 is 8.78 Å². The molecular weight excluding hydrogens is 659 g/mol. The van der Waals surface area contributed by atoms with E-state index in [2.05, 4.69) is 20.0 Å². The van der Waals surface area contributed by atoms with Gasteiger partial charge in [0.1, 0.15) is 41.4 Å². The molecular formula is C38H40F3N7O3. The van der Waals surface area contributed by atoms with Gasteiger partial charge in [-0.15, -0.1) is 0 Å². The minimum atomic E-state index is -0.945. The number of nitrogens with zero attached hydrogens (tertiary/aromatic N) is 7. The van der Waals surface area contributed by atoms with Gasteiger partial charge in [-0.25, -0.2) is 17.9 Å². The number of piperidine rings is 1. The Kier molecular flexibility index (Phi) is 8.35. The summed E-state index contributed by atoms with van der Waals surface area (Å²) in [5.41, 5.74) is 0.778. The Labute approximate surface area is 293 Å². The van der Waals surface area contributed by atoms with Crippen LogP contribution < -0.4 is 9.64 Å². The summed E-state index contributed by atoms with van der Waals surface area (Å²) in [5, 5.41) is 16.3. The third-order valence-corrected chi connectivity index (χ3v) is 11.1. The second kappa shape index (κ2) is 12.8. The number of aromatic hydroxyl groups is 1. The number of anilines is 1. The number of hydrogen-bond donors (Lipinski definition) is 1. The zero-order valence-corrected chi connectivity index (χ0v) is 28.9. The Balaban J connectivity index is 1.21. The zero-order valence-electron chi connectivity index (χ0n) is 28.9. The molecule has 1 N–H and O–H groups in total. The van der Waals surface area contributed by atoms with E-state index in [0.29, 0.717) is 66.4 Å². The van der Waals surface area contributed by atoms with Gasteiger partial charge in [-0.05, 0) is 85.7 Å². The van der Waals surface area contributed by atoms with Crippen molar-refractivity contribution in [3.8, 4) is 23.0 Å². The van der Waals surface area contributed by atoms with Gasteiger partial charge in [0.05, 0.1) is 16.6 Å². The van der Waals surface area contributed by atoms with E-state index in [1.807, 2.05) is 25.7 Å². The SMILES string of the molecule is CCc1c(F)ccc2cc(O)cc(-c3ncc4c(N5CC[C@H](C(=O)n6ccc(C)n6)[C@H](C)C5)nc(OC[C@@]56CCCN5C[C@H](F)C6)nc4c3F)c12. The van der Waals surface area contributed by atoms with Crippen LogP contribution in [0.1, 0.15) is 55.6 Å². The molecule has 0 aliphatic carbocycles. The highest BCUT2D eigenvalue weighted by Gasteiger charge is 2.49. The number of alkyl halides is 1. The fraction of sp³-hybridized carbons (Fsp3) is 0.447. The van der Waals surface area contributed by atoms with Gasteiger partial charge in [-0.1, -0.05) is 19.9 Å². The average molecular weight is 700 g/mol. The van der Waals surface area contributed by atoms with Crippen molar-refractivity contribution < 1.29 is 27.8 Å². The molecule has 10 nitrogen and oxygen atoms in total. The molecule has 4 atom stereocenters. The summed E-state index contributed by atoms with van der Waals surface area (Å²) in [6.07, 6.45) is 5.17. The van der Waals surface area contributed by atoms with Crippen LogP contribution in [0.25, 0.3) is 32.9 Å². The quantitative estimate of drug-likeness (QED) is 0.200. The van der Waals surface area contributed by atoms with Gasteiger partial charge in [-0.3, -0.25) is 14.7 Å². The highest BCUT2D eigenvalue weighted by molar-refractivity contribution is 6.01. The lowest BCUT2D eigenvalue weighted by Crippen LogP contribution is -2.44. The number of benzene rings is 2. The van der Waals surface area contributed by atoms with E-state index in [0.717, 1.165) is 25.1 Å². The molecule has 3 aliphatic heterocycles. The molecule has 0 unspecified atom stereocenters. The Hall–Kier alpha value is -4.78. The summed E-state index contributed by atoms with van der Waals surface area (Å²) in [6, 6.07) is 7.55. The lowest BCUT2D eigenvalue weighted by molar-refractivity contribution is 0.0750. The summed E-state index contributed by atoms with van der Waals surface area (Å²) < 4.78 is 54.3. The van der Waals surface area contributed by atoms with Crippen LogP contribution in [0.15, 0.2) is 42.7 Å². The van der Waals surface area contributed by atoms with Crippen LogP contribution in [0.3, 0.4) is 0 Å². The third kappa shape index (κ3) is 5.75. The Bertz CT molecular complexity index is 2180. The minimum absolute atomic E-state index is 0.0422. The maximum atomic E-state index is 17.0. The molecule has 51 heavy (non-hydrogen) atoms. The van der Waals surface area contributed by atoms with Gasteiger partial charge in [0.2, 0.25) is 5.91 Å². The van der Waals surface area contributed by atoms with E-state index in [4.69, 9.17) is 9.72 Å². The highest BCUT2D eigenvalue weighted by atomic mass is 19.1. The van der Waals surface area contributed by atoms with Crippen LogP contribution in [-0.4, -0.2) is 85.1 Å². The second-order valence-corrected chi connectivity index (χ2v) is 14.4. The smallest absolute Gasteiger partial charge is 0.319 e. The summed E-state index contributed by atoms with van der Waals surface area (Å²) in [5.74, 6) is -1.34. The van der Waals surface area contributed by atoms with E-state index < -0.39 is 23.3 Å². The molecule has 0 amide bonds. The molecule has 266 valence electrons. The first-order valence-electron chi connectivity index (χ1n) is 17.7. The molecule has 3 fully saturated rings. The molecule has 0 saturated carbocycles. The third-order valence-electron chi connectivity index (χ3n) is 11.1. The number of aryl methyl sites for hydroxylation is 2. The zero-order chi connectivity index (χ0) is 35.6. The van der Waals surface area contributed by atoms with Gasteiger partial charge < -0.3 is 14.7 Å². The number of ether oxygens (including phenoxy) is 1. The second-order valence-electron chi connectivity index (χ2n) is 14.4. The number of rotatable bonds is 7. The minimum Gasteiger partial charge on any atom is -0.508 e. The van der Waals surface area contributed by atoms with E-state index in [1.165, 1.54) is 29.1 Å². The van der Waals surface area contributed by atoms with Crippen molar-refractivity contribution in [1.29, 1.82) is 0 Å². The van der Waals surface area contributed by atoms with Crippen molar-refractivity contribution in [1.82, 2.24) is 29.6 Å². The molecule has 3 saturated heterocycles. The molecule has 0 spiro atoms. The van der Waals surface area contributed by atoms with E-state index in [9.17, 15) is 14.3 Å². The first-order chi connectivity index (χ1) is 24.5. The lowest BCUT2D eigenvalue weighted by Gasteiger charge is -2.37. The van der Waals surface area contributed by atoms with Crippen LogP contribution in [0.2, 0.25) is 0 Å². The Morgan fingerprint density at radius 3 is 2.75 bits per heavy atom. The fourth-order valence-corrected chi connectivity index (χ4v) is 8.61. The number of pyridine rings is 1. The van der Waals surface area contributed by atoms with Gasteiger partial charge >= 0.3 is 6.01 Å². The number of halogens is 3. The van der Waals surface area contributed by atoms with Crippen molar-refractivity contribution in [2.75, 3.05) is 37.7 Å². The van der Waals surface area contributed by atoms with Crippen LogP contribution in [0, 0.1) is 30.4 Å². The number of hydrogen-bond acceptors (Lipinski definition) is 9. The molecule has 13 heteroatoms. The number of fused-ring (bicyclic) bond motifs is 3. The van der Waals surface area contributed by atoms with Crippen molar-refractivity contribution in [3.05, 3.63) is 65.6 Å². The van der Waals surface area contributed by atoms with Gasteiger partial charge in [0, 0.05) is 49.9 Å². The first kappa shape index (κ1) is 33.4. The van der Waals surface area contributed by atoms with Crippen molar-refractivity contribution in [2.24, 2.45) is 11.8 Å². The molecule has 0 radical (unpaired) electrons. The largest absolute Gasteiger partial charge is 0.508 e. The normalized spacial score (nSPS) is 23.7. The predicted octanol–water partition coefficient (Wildman–Crippen LogP) is 6.65. The van der Waals surface area contributed by atoms with Crippen molar-refractivity contribution in [2.45, 2.75) is 64.6 Å². The molecule has 3 aromatic heterocycles. The average Bonchev–Trinajstić information content (AvgIpc) is 3.80. The molecule has 6 heterocycles.